The number of carboxylic acids is 1. The molecule has 15 heteroatoms. The molecule has 31 heavy (non-hydrogen) atoms. The summed E-state index contributed by atoms with van der Waals surface area (Å²) in [5.74, 6) is -1.54. The highest BCUT2D eigenvalue weighted by molar-refractivity contribution is 8.01. The molecule has 0 saturated carbocycles. The summed E-state index contributed by atoms with van der Waals surface area (Å²) >= 11 is 9.64. The second kappa shape index (κ2) is 8.90. The van der Waals surface area contributed by atoms with Gasteiger partial charge in [0.05, 0.1) is 17.5 Å². The van der Waals surface area contributed by atoms with Crippen molar-refractivity contribution >= 4 is 74.9 Å². The van der Waals surface area contributed by atoms with E-state index in [0.717, 1.165) is 16.9 Å². The fourth-order valence-electron chi connectivity index (χ4n) is 3.07. The van der Waals surface area contributed by atoms with Gasteiger partial charge in [-0.1, -0.05) is 23.4 Å². The number of anilines is 1. The Hall–Kier alpha value is -2.55. The van der Waals surface area contributed by atoms with E-state index in [1.807, 2.05) is 0 Å². The molecule has 5 N–H and O–H groups in total. The number of thiazole rings is 1. The number of aromatic amines is 1. The van der Waals surface area contributed by atoms with Gasteiger partial charge in [-0.15, -0.1) is 28.2 Å². The number of hydrogen-bond acceptors (Lipinski definition) is 10. The fraction of sp³-hybridized carbons (Fsp3) is 0.250. The number of nitrogen functional groups attached to an aromatic ring is 1. The number of carbonyl (C=O) groups is 3. The van der Waals surface area contributed by atoms with Gasteiger partial charge in [-0.2, -0.15) is 10.3 Å². The van der Waals surface area contributed by atoms with Crippen LogP contribution in [0.3, 0.4) is 0 Å². The number of thioether (sulfide) groups is 2. The van der Waals surface area contributed by atoms with Gasteiger partial charge >= 0.3 is 5.97 Å². The molecule has 11 nitrogen and oxygen atoms in total. The maximum absolute atomic E-state index is 12.8. The fourth-order valence-corrected chi connectivity index (χ4v) is 6.11. The lowest BCUT2D eigenvalue weighted by molar-refractivity contribution is -0.150. The lowest BCUT2D eigenvalue weighted by atomic mass is 10.0. The Kier molecular flexibility index (Phi) is 6.22. The number of halogens is 1. The second-order valence-corrected chi connectivity index (χ2v) is 9.52. The van der Waals surface area contributed by atoms with Crippen LogP contribution in [0, 0.1) is 0 Å². The van der Waals surface area contributed by atoms with Crippen LogP contribution in [0.15, 0.2) is 33.4 Å². The largest absolute Gasteiger partial charge is 0.477 e. The van der Waals surface area contributed by atoms with Crippen molar-refractivity contribution in [2.24, 2.45) is 0 Å². The average molecular weight is 500 g/mol. The minimum Gasteiger partial charge on any atom is -0.477 e. The van der Waals surface area contributed by atoms with Gasteiger partial charge in [0.25, 0.3) is 11.8 Å². The molecular formula is C16H14ClN7O4S3. The molecular weight excluding hydrogens is 486 g/mol. The van der Waals surface area contributed by atoms with Crippen molar-refractivity contribution in [3.63, 3.8) is 0 Å². The van der Waals surface area contributed by atoms with Crippen molar-refractivity contribution in [3.05, 3.63) is 34.1 Å². The van der Waals surface area contributed by atoms with E-state index in [1.165, 1.54) is 34.6 Å². The number of rotatable bonds is 7. The Morgan fingerprint density at radius 3 is 2.94 bits per heavy atom. The molecule has 0 aliphatic carbocycles. The lowest BCUT2D eigenvalue weighted by Gasteiger charge is -2.49. The van der Waals surface area contributed by atoms with Gasteiger partial charge in [-0.3, -0.25) is 14.5 Å². The summed E-state index contributed by atoms with van der Waals surface area (Å²) in [5, 5.41) is 24.4. The van der Waals surface area contributed by atoms with E-state index in [-0.39, 0.29) is 16.4 Å². The Morgan fingerprint density at radius 1 is 1.52 bits per heavy atom. The Labute approximate surface area is 192 Å². The van der Waals surface area contributed by atoms with Crippen LogP contribution in [-0.4, -0.2) is 71.1 Å². The standard InChI is InChI=1S/C16H14ClN7O4S3/c17-1-7(8-5-31-16(18)20-8)12(25)21-10-13(26)24-11(15(27)28)6(4-30-14(10)24)3-29-9-2-19-23-22-9/h1-2,5,10,14H,3-4H2,(H2,18,20)(H,21,25)(H,27,28)(H,19,22,23)/b7-1+/t10?,14-/m1/s1. The van der Waals surface area contributed by atoms with Gasteiger partial charge in [0.15, 0.2) is 5.13 Å². The molecule has 2 aromatic heterocycles. The number of H-pyrrole nitrogens is 1. The number of nitrogens with zero attached hydrogens (tertiary/aromatic N) is 4. The predicted molar refractivity (Wildman–Crippen MR) is 117 cm³/mol. The van der Waals surface area contributed by atoms with Gasteiger partial charge in [-0.25, -0.2) is 9.78 Å². The van der Waals surface area contributed by atoms with Crippen molar-refractivity contribution < 1.29 is 19.5 Å². The Balaban J connectivity index is 1.48. The number of amides is 2. The quantitative estimate of drug-likeness (QED) is 0.244. The van der Waals surface area contributed by atoms with Gasteiger partial charge < -0.3 is 16.2 Å². The predicted octanol–water partition coefficient (Wildman–Crippen LogP) is 0.954. The van der Waals surface area contributed by atoms with Gasteiger partial charge in [-0.05, 0) is 5.57 Å². The molecule has 0 aromatic carbocycles. The van der Waals surface area contributed by atoms with Crippen LogP contribution < -0.4 is 11.1 Å². The molecule has 2 aliphatic rings. The molecule has 2 amide bonds. The molecule has 4 rings (SSSR count). The molecule has 0 radical (unpaired) electrons. The first kappa shape index (κ1) is 21.7. The summed E-state index contributed by atoms with van der Waals surface area (Å²) in [4.78, 5) is 42.5. The third-order valence-corrected chi connectivity index (χ3v) is 7.69. The topological polar surface area (TPSA) is 167 Å². The van der Waals surface area contributed by atoms with E-state index in [4.69, 9.17) is 17.3 Å². The van der Waals surface area contributed by atoms with E-state index >= 15 is 0 Å². The maximum atomic E-state index is 12.8. The third-order valence-electron chi connectivity index (χ3n) is 4.48. The highest BCUT2D eigenvalue weighted by Crippen LogP contribution is 2.41. The molecule has 1 saturated heterocycles. The zero-order valence-electron chi connectivity index (χ0n) is 15.4. The molecule has 1 fully saturated rings. The van der Waals surface area contributed by atoms with Gasteiger partial charge in [0, 0.05) is 22.4 Å². The minimum absolute atomic E-state index is 0.0596. The number of carbonyl (C=O) groups excluding carboxylic acids is 2. The van der Waals surface area contributed by atoms with Crippen LogP contribution in [0.5, 0.6) is 0 Å². The first-order valence-electron chi connectivity index (χ1n) is 8.62. The van der Waals surface area contributed by atoms with Crippen molar-refractivity contribution in [3.8, 4) is 0 Å². The molecule has 0 bridgehead atoms. The number of hydrogen-bond donors (Lipinski definition) is 4. The molecule has 2 aliphatic heterocycles. The summed E-state index contributed by atoms with van der Waals surface area (Å²) in [6, 6.07) is -0.876. The lowest BCUT2D eigenvalue weighted by Crippen LogP contribution is -2.70. The molecule has 162 valence electrons. The Bertz CT molecular complexity index is 1100. The molecule has 2 atom stereocenters. The van der Waals surface area contributed by atoms with E-state index in [1.54, 1.807) is 5.38 Å². The highest BCUT2D eigenvalue weighted by atomic mass is 35.5. The summed E-state index contributed by atoms with van der Waals surface area (Å²) in [6.45, 7) is 0. The molecule has 2 aromatic rings. The molecule has 4 heterocycles. The van der Waals surface area contributed by atoms with Crippen molar-refractivity contribution in [1.29, 1.82) is 0 Å². The zero-order valence-corrected chi connectivity index (χ0v) is 18.6. The smallest absolute Gasteiger partial charge is 0.352 e. The molecule has 1 unspecified atom stereocenters. The normalized spacial score (nSPS) is 21.0. The maximum Gasteiger partial charge on any atom is 0.352 e. The van der Waals surface area contributed by atoms with Crippen LogP contribution in [0.2, 0.25) is 0 Å². The van der Waals surface area contributed by atoms with Gasteiger partial charge in [0.2, 0.25) is 0 Å². The first-order chi connectivity index (χ1) is 14.9. The van der Waals surface area contributed by atoms with Gasteiger partial charge in [0.1, 0.15) is 22.1 Å². The van der Waals surface area contributed by atoms with Crippen LogP contribution in [0.1, 0.15) is 5.69 Å². The summed E-state index contributed by atoms with van der Waals surface area (Å²) in [6.07, 6.45) is 1.53. The highest BCUT2D eigenvalue weighted by Gasteiger charge is 2.54. The van der Waals surface area contributed by atoms with Crippen molar-refractivity contribution in [2.45, 2.75) is 16.4 Å². The van der Waals surface area contributed by atoms with Crippen LogP contribution >= 0.6 is 46.5 Å². The summed E-state index contributed by atoms with van der Waals surface area (Å²) in [5.41, 5.74) is 7.58. The number of nitrogens with one attached hydrogen (secondary N) is 2. The number of nitrogens with two attached hydrogens (primary N) is 1. The van der Waals surface area contributed by atoms with E-state index < -0.39 is 29.2 Å². The zero-order chi connectivity index (χ0) is 22.1. The first-order valence-corrected chi connectivity index (χ1v) is 12.0. The number of aromatic nitrogens is 4. The molecule has 0 spiro atoms. The van der Waals surface area contributed by atoms with Crippen LogP contribution in [0.4, 0.5) is 5.13 Å². The monoisotopic (exact) mass is 499 g/mol. The average Bonchev–Trinajstić information content (AvgIpc) is 3.42. The minimum atomic E-state index is -1.20. The van der Waals surface area contributed by atoms with E-state index in [0.29, 0.717) is 27.8 Å². The van der Waals surface area contributed by atoms with E-state index in [9.17, 15) is 19.5 Å². The number of carboxylic acid groups (broad SMARTS) is 1. The van der Waals surface area contributed by atoms with Crippen LogP contribution in [0.25, 0.3) is 5.57 Å². The number of β-lactam (4-membered cyclic amide) rings is 1. The second-order valence-electron chi connectivity index (χ2n) is 6.31. The summed E-state index contributed by atoms with van der Waals surface area (Å²) in [7, 11) is 0. The number of aliphatic carboxylic acids is 1. The van der Waals surface area contributed by atoms with Crippen molar-refractivity contribution in [2.75, 3.05) is 17.2 Å². The Morgan fingerprint density at radius 2 is 2.32 bits per heavy atom. The number of fused-ring (bicyclic) bond motifs is 1. The van der Waals surface area contributed by atoms with E-state index in [2.05, 4.69) is 25.7 Å². The third kappa shape index (κ3) is 4.15. The van der Waals surface area contributed by atoms with Crippen molar-refractivity contribution in [1.82, 2.24) is 30.6 Å². The SMILES string of the molecule is Nc1nc(/C(=C\Cl)C(=O)NC2C(=O)N3C(C(=O)O)=C(CSc4cn[nH]n4)CS[C@H]23)cs1. The summed E-state index contributed by atoms with van der Waals surface area (Å²) < 4.78 is 0. The van der Waals surface area contributed by atoms with Crippen LogP contribution in [-0.2, 0) is 14.4 Å².